The fraction of sp³-hybridized carbons (Fsp3) is 1.00. The number of hydrogen-bond acceptors (Lipinski definition) is 2. The lowest BCUT2D eigenvalue weighted by Crippen LogP contribution is -2.23. The van der Waals surface area contributed by atoms with Gasteiger partial charge in [-0.05, 0) is 57.8 Å². The molecule has 1 saturated heterocycles. The van der Waals surface area contributed by atoms with Gasteiger partial charge in [-0.3, -0.25) is 0 Å². The molecule has 1 aliphatic heterocycles. The topological polar surface area (TPSA) is 15.3 Å². The maximum absolute atomic E-state index is 3.45. The van der Waals surface area contributed by atoms with E-state index < -0.39 is 0 Å². The van der Waals surface area contributed by atoms with Crippen LogP contribution in [0.25, 0.3) is 0 Å². The lowest BCUT2D eigenvalue weighted by Gasteiger charge is -2.14. The van der Waals surface area contributed by atoms with Crippen LogP contribution in [0.2, 0.25) is 0 Å². The molecule has 0 amide bonds. The molecule has 1 aliphatic rings. The van der Waals surface area contributed by atoms with Crippen LogP contribution in [-0.2, 0) is 0 Å². The molecular formula is C12H26N2. The van der Waals surface area contributed by atoms with Crippen molar-refractivity contribution in [2.75, 3.05) is 32.7 Å². The summed E-state index contributed by atoms with van der Waals surface area (Å²) in [5, 5.41) is 3.45. The molecule has 1 fully saturated rings. The van der Waals surface area contributed by atoms with Gasteiger partial charge in [-0.15, -0.1) is 0 Å². The zero-order valence-electron chi connectivity index (χ0n) is 9.89. The van der Waals surface area contributed by atoms with E-state index in [2.05, 4.69) is 24.1 Å². The van der Waals surface area contributed by atoms with Crippen LogP contribution >= 0.6 is 0 Å². The first-order valence-corrected chi connectivity index (χ1v) is 6.26. The Morgan fingerprint density at radius 2 is 2.14 bits per heavy atom. The average Bonchev–Trinajstić information content (AvgIpc) is 2.58. The molecule has 0 radical (unpaired) electrons. The van der Waals surface area contributed by atoms with Crippen molar-refractivity contribution in [1.29, 1.82) is 0 Å². The maximum Gasteiger partial charge on any atom is 0.000750 e. The third kappa shape index (κ3) is 4.97. The summed E-state index contributed by atoms with van der Waals surface area (Å²) in [4.78, 5) is 2.62. The second kappa shape index (κ2) is 7.24. The fourth-order valence-corrected chi connectivity index (χ4v) is 2.12. The standard InChI is InChI=1S/C12H26N2/c1-3-7-13-8-4-5-9-14-10-6-12(2)11-14/h12-13H,3-11H2,1-2H3. The molecule has 0 aromatic heterocycles. The Morgan fingerprint density at radius 1 is 1.29 bits per heavy atom. The first kappa shape index (κ1) is 12.0. The highest BCUT2D eigenvalue weighted by atomic mass is 15.1. The van der Waals surface area contributed by atoms with Crippen LogP contribution in [0.3, 0.4) is 0 Å². The molecule has 14 heavy (non-hydrogen) atoms. The minimum atomic E-state index is 0.938. The van der Waals surface area contributed by atoms with Crippen molar-refractivity contribution in [1.82, 2.24) is 10.2 Å². The van der Waals surface area contributed by atoms with Crippen LogP contribution in [0.5, 0.6) is 0 Å². The summed E-state index contributed by atoms with van der Waals surface area (Å²) in [6, 6.07) is 0. The van der Waals surface area contributed by atoms with Gasteiger partial charge in [-0.25, -0.2) is 0 Å². The van der Waals surface area contributed by atoms with E-state index in [0.717, 1.165) is 5.92 Å². The fourth-order valence-electron chi connectivity index (χ4n) is 2.12. The molecule has 0 saturated carbocycles. The van der Waals surface area contributed by atoms with E-state index in [1.165, 1.54) is 58.4 Å². The number of hydrogen-bond donors (Lipinski definition) is 1. The zero-order valence-corrected chi connectivity index (χ0v) is 9.89. The van der Waals surface area contributed by atoms with Crippen LogP contribution in [0.1, 0.15) is 39.5 Å². The van der Waals surface area contributed by atoms with Crippen molar-refractivity contribution >= 4 is 0 Å². The number of nitrogens with zero attached hydrogens (tertiary/aromatic N) is 1. The molecular weight excluding hydrogens is 172 g/mol. The van der Waals surface area contributed by atoms with E-state index in [9.17, 15) is 0 Å². The van der Waals surface area contributed by atoms with E-state index in [-0.39, 0.29) is 0 Å². The van der Waals surface area contributed by atoms with Gasteiger partial charge in [0.25, 0.3) is 0 Å². The minimum Gasteiger partial charge on any atom is -0.317 e. The lowest BCUT2D eigenvalue weighted by atomic mass is 10.2. The third-order valence-electron chi connectivity index (χ3n) is 3.01. The molecule has 2 nitrogen and oxygen atoms in total. The second-order valence-electron chi connectivity index (χ2n) is 4.65. The number of rotatable bonds is 7. The summed E-state index contributed by atoms with van der Waals surface area (Å²) in [7, 11) is 0. The van der Waals surface area contributed by atoms with Crippen molar-refractivity contribution in [3.63, 3.8) is 0 Å². The first-order chi connectivity index (χ1) is 6.83. The molecule has 0 aliphatic carbocycles. The highest BCUT2D eigenvalue weighted by Crippen LogP contribution is 2.14. The number of unbranched alkanes of at least 4 members (excludes halogenated alkanes) is 1. The summed E-state index contributed by atoms with van der Waals surface area (Å²) in [6.07, 6.45) is 5.37. The van der Waals surface area contributed by atoms with Crippen LogP contribution < -0.4 is 5.32 Å². The molecule has 84 valence electrons. The van der Waals surface area contributed by atoms with Crippen LogP contribution in [0.15, 0.2) is 0 Å². The van der Waals surface area contributed by atoms with Crippen LogP contribution in [-0.4, -0.2) is 37.6 Å². The van der Waals surface area contributed by atoms with Gasteiger partial charge >= 0.3 is 0 Å². The Balaban J connectivity index is 1.84. The molecule has 1 atom stereocenters. The number of likely N-dealkylation sites (tertiary alicyclic amines) is 1. The van der Waals surface area contributed by atoms with Gasteiger partial charge in [-0.1, -0.05) is 13.8 Å². The van der Waals surface area contributed by atoms with Crippen LogP contribution in [0.4, 0.5) is 0 Å². The van der Waals surface area contributed by atoms with Crippen molar-refractivity contribution in [2.45, 2.75) is 39.5 Å². The predicted octanol–water partition coefficient (Wildman–Crippen LogP) is 2.11. The van der Waals surface area contributed by atoms with Crippen LogP contribution in [0, 0.1) is 5.92 Å². The van der Waals surface area contributed by atoms with Gasteiger partial charge in [-0.2, -0.15) is 0 Å². The van der Waals surface area contributed by atoms with E-state index >= 15 is 0 Å². The molecule has 0 bridgehead atoms. The Hall–Kier alpha value is -0.0800. The second-order valence-corrected chi connectivity index (χ2v) is 4.65. The van der Waals surface area contributed by atoms with Gasteiger partial charge in [0, 0.05) is 6.54 Å². The SMILES string of the molecule is CCCNCCCCN1CCC(C)C1. The molecule has 1 rings (SSSR count). The van der Waals surface area contributed by atoms with E-state index in [1.54, 1.807) is 0 Å². The average molecular weight is 198 g/mol. The first-order valence-electron chi connectivity index (χ1n) is 6.26. The molecule has 1 unspecified atom stereocenters. The highest BCUT2D eigenvalue weighted by Gasteiger charge is 2.17. The highest BCUT2D eigenvalue weighted by molar-refractivity contribution is 4.71. The van der Waals surface area contributed by atoms with E-state index in [1.807, 2.05) is 0 Å². The number of nitrogens with one attached hydrogen (secondary N) is 1. The van der Waals surface area contributed by atoms with Gasteiger partial charge in [0.05, 0.1) is 0 Å². The predicted molar refractivity (Wildman–Crippen MR) is 62.6 cm³/mol. The molecule has 2 heteroatoms. The van der Waals surface area contributed by atoms with Crippen molar-refractivity contribution in [3.05, 3.63) is 0 Å². The van der Waals surface area contributed by atoms with Crippen molar-refractivity contribution in [2.24, 2.45) is 5.92 Å². The summed E-state index contributed by atoms with van der Waals surface area (Å²) in [5.41, 5.74) is 0. The Labute approximate surface area is 89.1 Å². The molecule has 1 heterocycles. The van der Waals surface area contributed by atoms with E-state index in [4.69, 9.17) is 0 Å². The summed E-state index contributed by atoms with van der Waals surface area (Å²) >= 11 is 0. The van der Waals surface area contributed by atoms with Crippen molar-refractivity contribution < 1.29 is 0 Å². The molecule has 1 N–H and O–H groups in total. The summed E-state index contributed by atoms with van der Waals surface area (Å²) in [6.45, 7) is 11.0. The smallest absolute Gasteiger partial charge is 0.000750 e. The minimum absolute atomic E-state index is 0.938. The Kier molecular flexibility index (Phi) is 6.20. The Bertz CT molecular complexity index is 136. The lowest BCUT2D eigenvalue weighted by molar-refractivity contribution is 0.319. The van der Waals surface area contributed by atoms with E-state index in [0.29, 0.717) is 0 Å². The van der Waals surface area contributed by atoms with Gasteiger partial charge in [0.2, 0.25) is 0 Å². The molecule has 0 aromatic carbocycles. The summed E-state index contributed by atoms with van der Waals surface area (Å²) in [5.74, 6) is 0.938. The zero-order chi connectivity index (χ0) is 10.2. The van der Waals surface area contributed by atoms with Crippen molar-refractivity contribution in [3.8, 4) is 0 Å². The van der Waals surface area contributed by atoms with Gasteiger partial charge in [0.1, 0.15) is 0 Å². The third-order valence-corrected chi connectivity index (χ3v) is 3.01. The molecule has 0 spiro atoms. The Morgan fingerprint density at radius 3 is 2.79 bits per heavy atom. The normalized spacial score (nSPS) is 23.1. The van der Waals surface area contributed by atoms with Gasteiger partial charge in [0.15, 0.2) is 0 Å². The summed E-state index contributed by atoms with van der Waals surface area (Å²) < 4.78 is 0. The maximum atomic E-state index is 3.45. The van der Waals surface area contributed by atoms with Gasteiger partial charge < -0.3 is 10.2 Å². The largest absolute Gasteiger partial charge is 0.317 e. The quantitative estimate of drug-likeness (QED) is 0.630. The molecule has 0 aromatic rings. The monoisotopic (exact) mass is 198 g/mol.